The first-order valence-electron chi connectivity index (χ1n) is 6.65. The summed E-state index contributed by atoms with van der Waals surface area (Å²) in [4.78, 5) is 28.4. The maximum absolute atomic E-state index is 11.8. The number of aromatic nitrogens is 1. The lowest BCUT2D eigenvalue weighted by Crippen LogP contribution is -2.32. The Hall–Kier alpha value is -2.25. The fraction of sp³-hybridized carbons (Fsp3) is 0.267. The maximum Gasteiger partial charge on any atom is 0.242 e. The van der Waals surface area contributed by atoms with Gasteiger partial charge in [-0.3, -0.25) is 9.59 Å². The molecule has 1 aromatic carbocycles. The molecule has 0 spiro atoms. The van der Waals surface area contributed by atoms with Crippen LogP contribution in [-0.2, 0) is 4.79 Å². The Balaban J connectivity index is 2.43. The second kappa shape index (κ2) is 6.67. The van der Waals surface area contributed by atoms with Crippen molar-refractivity contribution < 1.29 is 14.3 Å². The van der Waals surface area contributed by atoms with E-state index in [1.165, 1.54) is 18.3 Å². The average Bonchev–Trinajstić information content (AvgIpc) is 2.91. The predicted octanol–water partition coefficient (Wildman–Crippen LogP) is 2.31. The van der Waals surface area contributed by atoms with Crippen molar-refractivity contribution >= 4 is 28.2 Å². The predicted molar refractivity (Wildman–Crippen MR) is 86.4 cm³/mol. The number of thiazole rings is 1. The van der Waals surface area contributed by atoms with E-state index >= 15 is 0 Å². The molecule has 2 aromatic rings. The molecule has 0 aliphatic rings. The second-order valence-electron chi connectivity index (χ2n) is 4.76. The van der Waals surface area contributed by atoms with Gasteiger partial charge >= 0.3 is 0 Å². The van der Waals surface area contributed by atoms with Gasteiger partial charge in [-0.15, -0.1) is 0 Å². The first-order valence-corrected chi connectivity index (χ1v) is 7.46. The molecule has 0 unspecified atom stereocenters. The zero-order valence-electron chi connectivity index (χ0n) is 12.5. The third-order valence-electron chi connectivity index (χ3n) is 2.94. The van der Waals surface area contributed by atoms with Gasteiger partial charge in [-0.1, -0.05) is 23.5 Å². The third kappa shape index (κ3) is 3.49. The van der Waals surface area contributed by atoms with Gasteiger partial charge in [0.15, 0.2) is 10.9 Å². The highest BCUT2D eigenvalue weighted by Gasteiger charge is 2.19. The molecule has 116 valence electrons. The Bertz CT molecular complexity index is 710. The van der Waals surface area contributed by atoms with E-state index in [1.54, 1.807) is 14.0 Å². The number of amides is 1. The van der Waals surface area contributed by atoms with Crippen molar-refractivity contribution in [3.05, 3.63) is 30.0 Å². The van der Waals surface area contributed by atoms with Gasteiger partial charge < -0.3 is 15.8 Å². The van der Waals surface area contributed by atoms with Crippen molar-refractivity contribution in [2.45, 2.75) is 19.9 Å². The van der Waals surface area contributed by atoms with Crippen LogP contribution in [0, 0.1) is 0 Å². The number of benzene rings is 1. The minimum atomic E-state index is -0.648. The molecule has 6 nitrogen and oxygen atoms in total. The number of hydrogen-bond acceptors (Lipinski definition) is 6. The number of nitrogens with two attached hydrogens (primary N) is 1. The highest BCUT2D eigenvalue weighted by molar-refractivity contribution is 7.19. The van der Waals surface area contributed by atoms with Crippen molar-refractivity contribution in [1.82, 2.24) is 4.98 Å². The van der Waals surface area contributed by atoms with Crippen LogP contribution in [0.3, 0.4) is 0 Å². The third-order valence-corrected chi connectivity index (χ3v) is 3.96. The van der Waals surface area contributed by atoms with Crippen LogP contribution < -0.4 is 15.8 Å². The van der Waals surface area contributed by atoms with E-state index < -0.39 is 6.04 Å². The number of ketones is 1. The maximum atomic E-state index is 11.8. The Morgan fingerprint density at radius 1 is 1.41 bits per heavy atom. The molecule has 1 atom stereocenters. The Kier molecular flexibility index (Phi) is 4.89. The van der Waals surface area contributed by atoms with Gasteiger partial charge in [-0.05, 0) is 24.6 Å². The van der Waals surface area contributed by atoms with Crippen molar-refractivity contribution in [2.75, 3.05) is 12.4 Å². The fourth-order valence-corrected chi connectivity index (χ4v) is 2.80. The summed E-state index contributed by atoms with van der Waals surface area (Å²) in [6.45, 7) is 3.02. The number of carbonyl (C=O) groups is 2. The quantitative estimate of drug-likeness (QED) is 0.825. The second-order valence-corrected chi connectivity index (χ2v) is 5.76. The van der Waals surface area contributed by atoms with E-state index in [-0.39, 0.29) is 11.7 Å². The molecule has 0 saturated carbocycles. The van der Waals surface area contributed by atoms with Gasteiger partial charge in [-0.25, -0.2) is 4.98 Å². The van der Waals surface area contributed by atoms with Gasteiger partial charge in [0.2, 0.25) is 5.91 Å². The van der Waals surface area contributed by atoms with Crippen LogP contribution in [0.1, 0.15) is 24.3 Å². The zero-order valence-corrected chi connectivity index (χ0v) is 13.4. The summed E-state index contributed by atoms with van der Waals surface area (Å²) in [5, 5.41) is 2.97. The lowest BCUT2D eigenvalue weighted by Gasteiger charge is -2.03. The monoisotopic (exact) mass is 319 g/mol. The van der Waals surface area contributed by atoms with E-state index in [2.05, 4.69) is 10.3 Å². The van der Waals surface area contributed by atoms with Gasteiger partial charge in [0.1, 0.15) is 11.4 Å². The Morgan fingerprint density at radius 2 is 2.14 bits per heavy atom. The highest BCUT2D eigenvalue weighted by Crippen LogP contribution is 2.35. The molecular weight excluding hydrogens is 302 g/mol. The summed E-state index contributed by atoms with van der Waals surface area (Å²) in [5.41, 5.74) is 6.65. The van der Waals surface area contributed by atoms with Gasteiger partial charge in [-0.2, -0.15) is 0 Å². The summed E-state index contributed by atoms with van der Waals surface area (Å²) in [5.74, 6) is 0.165. The molecule has 0 radical (unpaired) electrons. The molecule has 1 aromatic heterocycles. The molecule has 0 saturated heterocycles. The number of anilines is 1. The number of nitrogens with zero attached hydrogens (tertiary/aromatic N) is 1. The first kappa shape index (κ1) is 16.1. The van der Waals surface area contributed by atoms with Crippen molar-refractivity contribution in [3.63, 3.8) is 0 Å². The minimum Gasteiger partial charge on any atom is -0.497 e. The fourth-order valence-electron chi connectivity index (χ4n) is 1.79. The van der Waals surface area contributed by atoms with Crippen LogP contribution in [0.5, 0.6) is 5.75 Å². The number of rotatable bonds is 5. The zero-order chi connectivity index (χ0) is 16.3. The first-order chi connectivity index (χ1) is 10.4. The van der Waals surface area contributed by atoms with Gasteiger partial charge in [0.25, 0.3) is 0 Å². The average molecular weight is 319 g/mol. The summed E-state index contributed by atoms with van der Waals surface area (Å²) >= 11 is 1.23. The number of ether oxygens (including phenoxy) is 1. The number of Topliss-reactive ketones (excluding diaryl/α,β-unsaturated/α-hetero) is 1. The molecule has 0 aliphatic heterocycles. The molecule has 0 fully saturated rings. The summed E-state index contributed by atoms with van der Waals surface area (Å²) in [6.07, 6.45) is 0. The molecular formula is C15H17N3O3S. The lowest BCUT2D eigenvalue weighted by molar-refractivity contribution is -0.117. The van der Waals surface area contributed by atoms with Crippen LogP contribution in [0.15, 0.2) is 24.3 Å². The highest BCUT2D eigenvalue weighted by atomic mass is 32.1. The molecule has 7 heteroatoms. The Labute approximate surface area is 132 Å². The van der Waals surface area contributed by atoms with Crippen molar-refractivity contribution in [3.8, 4) is 16.2 Å². The lowest BCUT2D eigenvalue weighted by atomic mass is 10.1. The molecule has 1 amide bonds. The van der Waals surface area contributed by atoms with Crippen LogP contribution in [0.2, 0.25) is 0 Å². The normalized spacial score (nSPS) is 11.8. The van der Waals surface area contributed by atoms with Gasteiger partial charge in [0.05, 0.1) is 18.0 Å². The minimum absolute atomic E-state index is 0.171. The molecule has 22 heavy (non-hydrogen) atoms. The number of carbonyl (C=O) groups excluding carboxylic acids is 2. The van der Waals surface area contributed by atoms with Crippen molar-refractivity contribution in [1.29, 1.82) is 0 Å². The molecule has 0 aliphatic carbocycles. The topological polar surface area (TPSA) is 94.3 Å². The smallest absolute Gasteiger partial charge is 0.242 e. The van der Waals surface area contributed by atoms with Crippen LogP contribution in [0.25, 0.3) is 10.4 Å². The largest absolute Gasteiger partial charge is 0.497 e. The summed E-state index contributed by atoms with van der Waals surface area (Å²) < 4.78 is 5.19. The molecule has 1 heterocycles. The van der Waals surface area contributed by atoms with E-state index in [4.69, 9.17) is 10.5 Å². The SMILES string of the molecule is COc1cccc(-c2sc(NC(=O)[C@@H](C)N)nc2C(C)=O)c1. The Morgan fingerprint density at radius 3 is 2.73 bits per heavy atom. The molecule has 3 N–H and O–H groups in total. The molecule has 0 bridgehead atoms. The van der Waals surface area contributed by atoms with E-state index in [0.717, 1.165) is 5.56 Å². The van der Waals surface area contributed by atoms with E-state index in [9.17, 15) is 9.59 Å². The van der Waals surface area contributed by atoms with Crippen LogP contribution >= 0.6 is 11.3 Å². The van der Waals surface area contributed by atoms with Crippen LogP contribution in [-0.4, -0.2) is 29.8 Å². The number of nitrogens with one attached hydrogen (secondary N) is 1. The number of hydrogen-bond donors (Lipinski definition) is 2. The van der Waals surface area contributed by atoms with Crippen molar-refractivity contribution in [2.24, 2.45) is 5.73 Å². The molecule has 2 rings (SSSR count). The summed E-state index contributed by atoms with van der Waals surface area (Å²) in [7, 11) is 1.58. The summed E-state index contributed by atoms with van der Waals surface area (Å²) in [6, 6.07) is 6.68. The van der Waals surface area contributed by atoms with E-state index in [0.29, 0.717) is 21.5 Å². The standard InChI is InChI=1S/C15H17N3O3S/c1-8(16)14(20)18-15-17-12(9(2)19)13(22-15)10-5-4-6-11(7-10)21-3/h4-8H,16H2,1-3H3,(H,17,18,20)/t8-/m1/s1. The van der Waals surface area contributed by atoms with E-state index in [1.807, 2.05) is 24.3 Å². The van der Waals surface area contributed by atoms with Gasteiger partial charge in [0, 0.05) is 6.92 Å². The van der Waals surface area contributed by atoms with Crippen LogP contribution in [0.4, 0.5) is 5.13 Å². The number of methoxy groups -OCH3 is 1.